The van der Waals surface area contributed by atoms with E-state index in [1.165, 1.54) is 0 Å². The van der Waals surface area contributed by atoms with Gasteiger partial charge in [-0.3, -0.25) is 9.89 Å². The average molecular weight is 357 g/mol. The zero-order valence-electron chi connectivity index (χ0n) is 15.1. The first-order valence-electron chi connectivity index (χ1n) is 8.81. The van der Waals surface area contributed by atoms with Gasteiger partial charge >= 0.3 is 5.97 Å². The number of amides is 1. The number of methoxy groups -OCH3 is 1. The second kappa shape index (κ2) is 8.03. The lowest BCUT2D eigenvalue weighted by Crippen LogP contribution is -2.38. The Morgan fingerprint density at radius 2 is 2.15 bits per heavy atom. The Balaban J connectivity index is 1.63. The lowest BCUT2D eigenvalue weighted by atomic mass is 10.0. The Morgan fingerprint density at radius 3 is 2.92 bits per heavy atom. The number of ether oxygens (including phenoxy) is 2. The van der Waals surface area contributed by atoms with Gasteiger partial charge < -0.3 is 14.4 Å². The quantitative estimate of drug-likeness (QED) is 0.803. The minimum atomic E-state index is -0.594. The number of nitrogens with one attached hydrogen (secondary N) is 1. The highest BCUT2D eigenvalue weighted by Gasteiger charge is 2.24. The third kappa shape index (κ3) is 3.87. The summed E-state index contributed by atoms with van der Waals surface area (Å²) < 4.78 is 10.4. The molecular formula is C19H23N3O4. The van der Waals surface area contributed by atoms with Crippen LogP contribution in [0.1, 0.15) is 41.5 Å². The van der Waals surface area contributed by atoms with Crippen LogP contribution in [-0.2, 0) is 22.4 Å². The molecule has 0 bridgehead atoms. The van der Waals surface area contributed by atoms with E-state index in [1.54, 1.807) is 18.1 Å². The Hall–Kier alpha value is -2.83. The number of carbonyl (C=O) groups excluding carboxylic acids is 2. The van der Waals surface area contributed by atoms with Crippen LogP contribution in [0.5, 0.6) is 5.75 Å². The number of nitrogens with zero attached hydrogens (tertiary/aromatic N) is 2. The van der Waals surface area contributed by atoms with E-state index in [1.807, 2.05) is 25.1 Å². The average Bonchev–Trinajstić information content (AvgIpc) is 3.14. The number of hydrogen-bond acceptors (Lipinski definition) is 5. The largest absolute Gasteiger partial charge is 0.497 e. The maximum Gasteiger partial charge on any atom is 0.359 e. The van der Waals surface area contributed by atoms with Crippen LogP contribution in [0, 0.1) is 0 Å². The van der Waals surface area contributed by atoms with Crippen molar-refractivity contribution in [2.24, 2.45) is 0 Å². The molecule has 0 fully saturated rings. The topological polar surface area (TPSA) is 84.5 Å². The number of rotatable bonds is 6. The van der Waals surface area contributed by atoms with Gasteiger partial charge in [-0.05, 0) is 49.1 Å². The highest BCUT2D eigenvalue weighted by Crippen LogP contribution is 2.30. The molecule has 1 amide bonds. The molecule has 1 aromatic carbocycles. The molecule has 7 heteroatoms. The summed E-state index contributed by atoms with van der Waals surface area (Å²) in [6, 6.07) is 7.31. The first kappa shape index (κ1) is 18.0. The minimum Gasteiger partial charge on any atom is -0.497 e. The molecule has 138 valence electrons. The SMILES string of the molecule is CCCc1cc(C(=O)OCC(=O)N2CCCc3cc(OC)ccc32)n[nH]1. The summed E-state index contributed by atoms with van der Waals surface area (Å²) in [7, 11) is 1.62. The summed E-state index contributed by atoms with van der Waals surface area (Å²) in [5, 5.41) is 6.75. The Kier molecular flexibility index (Phi) is 5.55. The van der Waals surface area contributed by atoms with Gasteiger partial charge in [-0.15, -0.1) is 0 Å². The third-order valence-corrected chi connectivity index (χ3v) is 4.39. The predicted molar refractivity (Wildman–Crippen MR) is 96.5 cm³/mol. The van der Waals surface area contributed by atoms with Gasteiger partial charge in [0.05, 0.1) is 7.11 Å². The molecule has 2 aromatic rings. The van der Waals surface area contributed by atoms with E-state index >= 15 is 0 Å². The number of aromatic amines is 1. The fourth-order valence-corrected chi connectivity index (χ4v) is 3.10. The summed E-state index contributed by atoms with van der Waals surface area (Å²) in [4.78, 5) is 26.3. The van der Waals surface area contributed by atoms with Gasteiger partial charge in [0.15, 0.2) is 12.3 Å². The molecule has 1 aromatic heterocycles. The lowest BCUT2D eigenvalue weighted by molar-refractivity contribution is -0.121. The fourth-order valence-electron chi connectivity index (χ4n) is 3.10. The van der Waals surface area contributed by atoms with Gasteiger partial charge in [-0.25, -0.2) is 4.79 Å². The summed E-state index contributed by atoms with van der Waals surface area (Å²) in [5.74, 6) is -0.0661. The fraction of sp³-hybridized carbons (Fsp3) is 0.421. The van der Waals surface area contributed by atoms with Crippen molar-refractivity contribution in [2.45, 2.75) is 32.6 Å². The van der Waals surface area contributed by atoms with Crippen molar-refractivity contribution in [3.63, 3.8) is 0 Å². The van der Waals surface area contributed by atoms with Gasteiger partial charge in [-0.1, -0.05) is 13.3 Å². The van der Waals surface area contributed by atoms with Gasteiger partial charge in [0.1, 0.15) is 5.75 Å². The summed E-state index contributed by atoms with van der Waals surface area (Å²) in [6.45, 7) is 2.35. The molecule has 0 unspecified atom stereocenters. The zero-order chi connectivity index (χ0) is 18.5. The Labute approximate surface area is 152 Å². The van der Waals surface area contributed by atoms with Crippen molar-refractivity contribution in [3.8, 4) is 5.75 Å². The van der Waals surface area contributed by atoms with E-state index in [-0.39, 0.29) is 18.2 Å². The second-order valence-electron chi connectivity index (χ2n) is 6.25. The molecule has 26 heavy (non-hydrogen) atoms. The maximum atomic E-state index is 12.5. The number of benzene rings is 1. The molecular weight excluding hydrogens is 334 g/mol. The van der Waals surface area contributed by atoms with Crippen molar-refractivity contribution in [2.75, 3.05) is 25.2 Å². The number of H-pyrrole nitrogens is 1. The Bertz CT molecular complexity index is 800. The molecule has 0 atom stereocenters. The minimum absolute atomic E-state index is 0.199. The zero-order valence-corrected chi connectivity index (χ0v) is 15.1. The molecule has 3 rings (SSSR count). The molecule has 0 spiro atoms. The summed E-state index contributed by atoms with van der Waals surface area (Å²) >= 11 is 0. The number of fused-ring (bicyclic) bond motifs is 1. The van der Waals surface area contributed by atoms with Crippen LogP contribution in [0.25, 0.3) is 0 Å². The number of carbonyl (C=O) groups is 2. The monoisotopic (exact) mass is 357 g/mol. The highest BCUT2D eigenvalue weighted by atomic mass is 16.5. The number of anilines is 1. The third-order valence-electron chi connectivity index (χ3n) is 4.39. The van der Waals surface area contributed by atoms with Crippen molar-refractivity contribution in [3.05, 3.63) is 41.2 Å². The molecule has 1 N–H and O–H groups in total. The van der Waals surface area contributed by atoms with Gasteiger partial charge in [0, 0.05) is 17.9 Å². The maximum absolute atomic E-state index is 12.5. The van der Waals surface area contributed by atoms with Gasteiger partial charge in [0.2, 0.25) is 0 Å². The first-order chi connectivity index (χ1) is 12.6. The normalized spacial score (nSPS) is 13.2. The number of esters is 1. The molecule has 0 aliphatic carbocycles. The standard InChI is InChI=1S/C19H23N3O4/c1-3-5-14-11-16(21-20-14)19(24)26-12-18(23)22-9-4-6-13-10-15(25-2)7-8-17(13)22/h7-8,10-11H,3-6,9,12H2,1-2H3,(H,20,21). The highest BCUT2D eigenvalue weighted by molar-refractivity contribution is 5.97. The van der Waals surface area contributed by atoms with E-state index in [4.69, 9.17) is 9.47 Å². The van der Waals surface area contributed by atoms with E-state index in [0.29, 0.717) is 6.54 Å². The lowest BCUT2D eigenvalue weighted by Gasteiger charge is -2.29. The van der Waals surface area contributed by atoms with Crippen molar-refractivity contribution in [1.29, 1.82) is 0 Å². The van der Waals surface area contributed by atoms with Crippen molar-refractivity contribution < 1.29 is 19.1 Å². The second-order valence-corrected chi connectivity index (χ2v) is 6.25. The molecule has 0 saturated carbocycles. The van der Waals surface area contributed by atoms with E-state index < -0.39 is 5.97 Å². The number of aromatic nitrogens is 2. The molecule has 7 nitrogen and oxygen atoms in total. The van der Waals surface area contributed by atoms with Crippen LogP contribution >= 0.6 is 0 Å². The molecule has 2 heterocycles. The summed E-state index contributed by atoms with van der Waals surface area (Å²) in [5.41, 5.74) is 2.99. The van der Waals surface area contributed by atoms with E-state index in [9.17, 15) is 9.59 Å². The summed E-state index contributed by atoms with van der Waals surface area (Å²) in [6.07, 6.45) is 3.52. The number of hydrogen-bond donors (Lipinski definition) is 1. The van der Waals surface area contributed by atoms with E-state index in [2.05, 4.69) is 10.2 Å². The van der Waals surface area contributed by atoms with Gasteiger partial charge in [0.25, 0.3) is 5.91 Å². The molecule has 1 aliphatic heterocycles. The predicted octanol–water partition coefficient (Wildman–Crippen LogP) is 2.51. The van der Waals surface area contributed by atoms with Crippen LogP contribution in [0.2, 0.25) is 0 Å². The molecule has 0 radical (unpaired) electrons. The van der Waals surface area contributed by atoms with Crippen LogP contribution in [0.3, 0.4) is 0 Å². The molecule has 1 aliphatic rings. The Morgan fingerprint density at radius 1 is 1.31 bits per heavy atom. The van der Waals surface area contributed by atoms with Crippen LogP contribution < -0.4 is 9.64 Å². The van der Waals surface area contributed by atoms with Crippen molar-refractivity contribution >= 4 is 17.6 Å². The van der Waals surface area contributed by atoms with E-state index in [0.717, 1.165) is 48.4 Å². The van der Waals surface area contributed by atoms with Crippen LogP contribution in [0.15, 0.2) is 24.3 Å². The molecule has 0 saturated heterocycles. The number of aryl methyl sites for hydroxylation is 2. The van der Waals surface area contributed by atoms with Gasteiger partial charge in [-0.2, -0.15) is 5.10 Å². The first-order valence-corrected chi connectivity index (χ1v) is 8.81. The van der Waals surface area contributed by atoms with Crippen LogP contribution in [-0.4, -0.2) is 42.3 Å². The van der Waals surface area contributed by atoms with Crippen LogP contribution in [0.4, 0.5) is 5.69 Å². The smallest absolute Gasteiger partial charge is 0.359 e. The van der Waals surface area contributed by atoms with Crippen molar-refractivity contribution in [1.82, 2.24) is 10.2 Å².